The van der Waals surface area contributed by atoms with Crippen LogP contribution in [-0.2, 0) is 15.4 Å². The van der Waals surface area contributed by atoms with Gasteiger partial charge >= 0.3 is 0 Å². The van der Waals surface area contributed by atoms with Crippen molar-refractivity contribution in [2.75, 3.05) is 13.1 Å². The maximum absolute atomic E-state index is 12.8. The average molecular weight is 341 g/mol. The van der Waals surface area contributed by atoms with E-state index in [1.165, 1.54) is 11.1 Å². The summed E-state index contributed by atoms with van der Waals surface area (Å²) in [5, 5.41) is -0.139. The molecule has 0 spiro atoms. The van der Waals surface area contributed by atoms with Crippen LogP contribution in [0.2, 0.25) is 0 Å². The van der Waals surface area contributed by atoms with Crippen molar-refractivity contribution < 1.29 is 8.42 Å². The first-order valence-electron chi connectivity index (χ1n) is 8.73. The molecule has 0 unspecified atom stereocenters. The minimum absolute atomic E-state index is 0.139. The summed E-state index contributed by atoms with van der Waals surface area (Å²) >= 11 is 0. The van der Waals surface area contributed by atoms with Crippen LogP contribution in [0.1, 0.15) is 36.8 Å². The van der Waals surface area contributed by atoms with Gasteiger partial charge < -0.3 is 0 Å². The first-order valence-corrected chi connectivity index (χ1v) is 10.2. The zero-order valence-electron chi connectivity index (χ0n) is 13.8. The lowest BCUT2D eigenvalue weighted by Gasteiger charge is -2.43. The zero-order valence-corrected chi connectivity index (χ0v) is 14.6. The molecule has 0 atom stereocenters. The summed E-state index contributed by atoms with van der Waals surface area (Å²) in [4.78, 5) is 0. The molecule has 4 heteroatoms. The van der Waals surface area contributed by atoms with Crippen LogP contribution in [0.4, 0.5) is 0 Å². The molecule has 126 valence electrons. The molecule has 0 bridgehead atoms. The summed E-state index contributed by atoms with van der Waals surface area (Å²) in [5.41, 5.74) is 2.18. The second kappa shape index (κ2) is 6.01. The van der Waals surface area contributed by atoms with Gasteiger partial charge in [0, 0.05) is 18.5 Å². The maximum Gasteiger partial charge on any atom is 0.217 e. The van der Waals surface area contributed by atoms with Crippen LogP contribution in [-0.4, -0.2) is 31.1 Å². The van der Waals surface area contributed by atoms with E-state index in [1.807, 2.05) is 36.4 Å². The van der Waals surface area contributed by atoms with Crippen molar-refractivity contribution in [2.24, 2.45) is 0 Å². The van der Waals surface area contributed by atoms with Crippen molar-refractivity contribution in [1.29, 1.82) is 0 Å². The molecule has 3 nitrogen and oxygen atoms in total. The second-order valence-electron chi connectivity index (χ2n) is 7.00. The Bertz CT molecular complexity index is 759. The van der Waals surface area contributed by atoms with Crippen LogP contribution in [0.5, 0.6) is 0 Å². The molecule has 2 aromatic rings. The van der Waals surface area contributed by atoms with E-state index in [0.29, 0.717) is 13.1 Å². The van der Waals surface area contributed by atoms with E-state index in [9.17, 15) is 8.42 Å². The second-order valence-corrected chi connectivity index (χ2v) is 9.21. The number of benzene rings is 2. The Morgan fingerprint density at radius 1 is 0.875 bits per heavy atom. The molecule has 1 heterocycles. The third-order valence-electron chi connectivity index (χ3n) is 5.42. The Balaban J connectivity index is 1.79. The van der Waals surface area contributed by atoms with Gasteiger partial charge in [-0.05, 0) is 36.8 Å². The molecule has 24 heavy (non-hydrogen) atoms. The van der Waals surface area contributed by atoms with Crippen LogP contribution in [0, 0.1) is 0 Å². The zero-order chi connectivity index (χ0) is 16.6. The van der Waals surface area contributed by atoms with Gasteiger partial charge in [-0.25, -0.2) is 12.7 Å². The number of piperidine rings is 1. The van der Waals surface area contributed by atoms with E-state index in [4.69, 9.17) is 0 Å². The molecule has 2 aromatic carbocycles. The molecular formula is C20H23NO2S. The summed E-state index contributed by atoms with van der Waals surface area (Å²) in [7, 11) is -3.14. The van der Waals surface area contributed by atoms with Gasteiger partial charge in [-0.3, -0.25) is 0 Å². The third-order valence-corrected chi connectivity index (χ3v) is 7.76. The number of hydrogen-bond donors (Lipinski definition) is 0. The van der Waals surface area contributed by atoms with Gasteiger partial charge in [0.15, 0.2) is 0 Å². The molecule has 2 fully saturated rings. The van der Waals surface area contributed by atoms with E-state index in [2.05, 4.69) is 24.3 Å². The minimum atomic E-state index is -3.14. The van der Waals surface area contributed by atoms with Crippen molar-refractivity contribution >= 4 is 10.0 Å². The molecule has 0 N–H and O–H groups in total. The third kappa shape index (κ3) is 2.68. The fourth-order valence-electron chi connectivity index (χ4n) is 3.96. The smallest absolute Gasteiger partial charge is 0.212 e. The Labute approximate surface area is 144 Å². The topological polar surface area (TPSA) is 37.4 Å². The van der Waals surface area contributed by atoms with Crippen molar-refractivity contribution in [3.05, 3.63) is 71.8 Å². The van der Waals surface area contributed by atoms with E-state index in [0.717, 1.165) is 25.7 Å². The van der Waals surface area contributed by atoms with E-state index < -0.39 is 10.0 Å². The molecule has 1 aliphatic heterocycles. The predicted octanol–water partition coefficient (Wildman–Crippen LogP) is 3.56. The van der Waals surface area contributed by atoms with Crippen LogP contribution >= 0.6 is 0 Å². The van der Waals surface area contributed by atoms with Crippen molar-refractivity contribution in [1.82, 2.24) is 4.31 Å². The van der Waals surface area contributed by atoms with Gasteiger partial charge in [-0.15, -0.1) is 0 Å². The number of rotatable bonds is 4. The van der Waals surface area contributed by atoms with Crippen LogP contribution in [0.3, 0.4) is 0 Å². The standard InChI is InChI=1S/C20H23NO2S/c22-24(23,19-12-13-19)21-15-7-14-20(16-21,17-8-3-1-4-9-17)18-10-5-2-6-11-18/h1-6,8-11,19H,7,12-16H2. The first-order chi connectivity index (χ1) is 11.6. The minimum Gasteiger partial charge on any atom is -0.212 e. The average Bonchev–Trinajstić information content (AvgIpc) is 3.49. The molecule has 1 saturated heterocycles. The van der Waals surface area contributed by atoms with Gasteiger partial charge in [0.1, 0.15) is 0 Å². The number of nitrogens with zero attached hydrogens (tertiary/aromatic N) is 1. The van der Waals surface area contributed by atoms with E-state index in [-0.39, 0.29) is 10.7 Å². The summed E-state index contributed by atoms with van der Waals surface area (Å²) in [6, 6.07) is 20.8. The van der Waals surface area contributed by atoms with Crippen LogP contribution in [0.25, 0.3) is 0 Å². The monoisotopic (exact) mass is 341 g/mol. The highest BCUT2D eigenvalue weighted by molar-refractivity contribution is 7.90. The largest absolute Gasteiger partial charge is 0.217 e. The lowest BCUT2D eigenvalue weighted by atomic mass is 9.70. The molecule has 0 aromatic heterocycles. The molecule has 1 saturated carbocycles. The lowest BCUT2D eigenvalue weighted by Crippen LogP contribution is -2.50. The molecule has 0 amide bonds. The highest BCUT2D eigenvalue weighted by atomic mass is 32.2. The van der Waals surface area contributed by atoms with Crippen LogP contribution < -0.4 is 0 Å². The van der Waals surface area contributed by atoms with Gasteiger partial charge in [-0.2, -0.15) is 0 Å². The molecule has 4 rings (SSSR count). The van der Waals surface area contributed by atoms with Gasteiger partial charge in [0.2, 0.25) is 10.0 Å². The molecule has 1 aliphatic carbocycles. The first kappa shape index (κ1) is 15.9. The Hall–Kier alpha value is -1.65. The van der Waals surface area contributed by atoms with Crippen LogP contribution in [0.15, 0.2) is 60.7 Å². The quantitative estimate of drug-likeness (QED) is 0.853. The predicted molar refractivity (Wildman–Crippen MR) is 96.4 cm³/mol. The molecular weight excluding hydrogens is 318 g/mol. The Morgan fingerprint density at radius 3 is 1.92 bits per heavy atom. The number of sulfonamides is 1. The summed E-state index contributed by atoms with van der Waals surface area (Å²) < 4.78 is 27.4. The van der Waals surface area contributed by atoms with Crippen molar-refractivity contribution in [3.8, 4) is 0 Å². The van der Waals surface area contributed by atoms with Gasteiger partial charge in [0.05, 0.1) is 5.25 Å². The van der Waals surface area contributed by atoms with Gasteiger partial charge in [-0.1, -0.05) is 60.7 Å². The van der Waals surface area contributed by atoms with Crippen molar-refractivity contribution in [2.45, 2.75) is 36.3 Å². The lowest BCUT2D eigenvalue weighted by molar-refractivity contribution is 0.257. The summed E-state index contributed by atoms with van der Waals surface area (Å²) in [5.74, 6) is 0. The summed E-state index contributed by atoms with van der Waals surface area (Å²) in [6.45, 7) is 1.21. The SMILES string of the molecule is O=S(=O)(C1CC1)N1CCCC(c2ccccc2)(c2ccccc2)C1. The Kier molecular flexibility index (Phi) is 3.97. The van der Waals surface area contributed by atoms with E-state index >= 15 is 0 Å². The maximum atomic E-state index is 12.8. The van der Waals surface area contributed by atoms with E-state index in [1.54, 1.807) is 4.31 Å². The Morgan fingerprint density at radius 2 is 1.42 bits per heavy atom. The molecule has 2 aliphatic rings. The van der Waals surface area contributed by atoms with Crippen molar-refractivity contribution in [3.63, 3.8) is 0 Å². The van der Waals surface area contributed by atoms with Gasteiger partial charge in [0.25, 0.3) is 0 Å². The fourth-order valence-corrected chi connectivity index (χ4v) is 5.90. The fraction of sp³-hybridized carbons (Fsp3) is 0.400. The normalized spacial score (nSPS) is 21.5. The summed E-state index contributed by atoms with van der Waals surface area (Å²) in [6.07, 6.45) is 3.53. The molecule has 0 radical (unpaired) electrons. The highest BCUT2D eigenvalue weighted by Crippen LogP contribution is 2.43. The number of hydrogen-bond acceptors (Lipinski definition) is 2. The highest BCUT2D eigenvalue weighted by Gasteiger charge is 2.46.